The molecule has 0 aromatic heterocycles. The van der Waals surface area contributed by atoms with Gasteiger partial charge in [-0.25, -0.2) is 16.8 Å². The Balaban J connectivity index is 2.31. The Morgan fingerprint density at radius 2 is 1.76 bits per heavy atom. The van der Waals surface area contributed by atoms with Gasteiger partial charge in [-0.2, -0.15) is 0 Å². The molecule has 1 fully saturated rings. The van der Waals surface area contributed by atoms with Crippen molar-refractivity contribution in [1.82, 2.24) is 0 Å². The van der Waals surface area contributed by atoms with Gasteiger partial charge in [-0.15, -0.1) is 0 Å². The van der Waals surface area contributed by atoms with E-state index in [1.807, 2.05) is 6.92 Å². The Kier molecular flexibility index (Phi) is 4.35. The Labute approximate surface area is 126 Å². The smallest absolute Gasteiger partial charge is 0.175 e. The van der Waals surface area contributed by atoms with Crippen molar-refractivity contribution in [2.75, 3.05) is 17.8 Å². The van der Waals surface area contributed by atoms with Gasteiger partial charge in [0.1, 0.15) is 0 Å². The van der Waals surface area contributed by atoms with E-state index in [1.54, 1.807) is 18.2 Å². The highest BCUT2D eigenvalue weighted by Gasteiger charge is 2.34. The van der Waals surface area contributed by atoms with Crippen molar-refractivity contribution < 1.29 is 16.8 Å². The zero-order valence-electron chi connectivity index (χ0n) is 12.5. The van der Waals surface area contributed by atoms with Crippen LogP contribution in [0.5, 0.6) is 0 Å². The van der Waals surface area contributed by atoms with Gasteiger partial charge in [0.05, 0.1) is 10.1 Å². The number of nitrogens with one attached hydrogen (secondary N) is 1. The standard InChI is InChI=1S/C14H21NO4S2/c1-10-7-8-11(20(2,16)17)9-13(10)15-12-5-4-6-14(12)21(3,18)19/h7-9,12,14-15H,4-6H2,1-3H3. The number of anilines is 1. The Morgan fingerprint density at radius 3 is 2.33 bits per heavy atom. The fourth-order valence-corrected chi connectivity index (χ4v) is 4.83. The molecule has 1 aliphatic carbocycles. The highest BCUT2D eigenvalue weighted by atomic mass is 32.2. The van der Waals surface area contributed by atoms with E-state index in [-0.39, 0.29) is 10.9 Å². The minimum atomic E-state index is -3.28. The molecule has 2 atom stereocenters. The monoisotopic (exact) mass is 331 g/mol. The molecule has 21 heavy (non-hydrogen) atoms. The van der Waals surface area contributed by atoms with Crippen LogP contribution in [-0.2, 0) is 19.7 Å². The van der Waals surface area contributed by atoms with Gasteiger partial charge in [0.25, 0.3) is 0 Å². The zero-order chi connectivity index (χ0) is 15.8. The van der Waals surface area contributed by atoms with Crippen molar-refractivity contribution in [3.63, 3.8) is 0 Å². The topological polar surface area (TPSA) is 80.3 Å². The van der Waals surface area contributed by atoms with E-state index in [4.69, 9.17) is 0 Å². The maximum absolute atomic E-state index is 11.8. The van der Waals surface area contributed by atoms with Crippen LogP contribution in [0.25, 0.3) is 0 Å². The van der Waals surface area contributed by atoms with Crippen LogP contribution in [0, 0.1) is 6.92 Å². The van der Waals surface area contributed by atoms with Crippen molar-refractivity contribution in [2.45, 2.75) is 42.4 Å². The van der Waals surface area contributed by atoms with Crippen LogP contribution in [-0.4, -0.2) is 40.6 Å². The van der Waals surface area contributed by atoms with Crippen molar-refractivity contribution in [3.8, 4) is 0 Å². The predicted molar refractivity (Wildman–Crippen MR) is 84.2 cm³/mol. The van der Waals surface area contributed by atoms with Crippen LogP contribution in [0.15, 0.2) is 23.1 Å². The zero-order valence-corrected chi connectivity index (χ0v) is 14.1. The Morgan fingerprint density at radius 1 is 1.10 bits per heavy atom. The summed E-state index contributed by atoms with van der Waals surface area (Å²) in [7, 11) is -6.38. The SMILES string of the molecule is Cc1ccc(S(C)(=O)=O)cc1NC1CCCC1S(C)(=O)=O. The molecule has 0 aliphatic heterocycles. The lowest BCUT2D eigenvalue weighted by atomic mass is 10.1. The molecule has 118 valence electrons. The highest BCUT2D eigenvalue weighted by molar-refractivity contribution is 7.91. The molecule has 0 radical (unpaired) electrons. The summed E-state index contributed by atoms with van der Waals surface area (Å²) in [5.74, 6) is 0. The summed E-state index contributed by atoms with van der Waals surface area (Å²) in [5.41, 5.74) is 1.60. The van der Waals surface area contributed by atoms with E-state index in [2.05, 4.69) is 5.32 Å². The van der Waals surface area contributed by atoms with Gasteiger partial charge in [0.15, 0.2) is 19.7 Å². The Bertz CT molecular complexity index is 738. The van der Waals surface area contributed by atoms with Crippen LogP contribution >= 0.6 is 0 Å². The number of benzene rings is 1. The van der Waals surface area contributed by atoms with Crippen LogP contribution in [0.4, 0.5) is 5.69 Å². The van der Waals surface area contributed by atoms with E-state index in [1.165, 1.54) is 6.26 Å². The van der Waals surface area contributed by atoms with E-state index >= 15 is 0 Å². The number of hydrogen-bond acceptors (Lipinski definition) is 5. The van der Waals surface area contributed by atoms with Gasteiger partial charge in [-0.1, -0.05) is 6.07 Å². The fourth-order valence-electron chi connectivity index (χ4n) is 2.79. The fraction of sp³-hybridized carbons (Fsp3) is 0.571. The summed E-state index contributed by atoms with van der Waals surface area (Å²) in [6.45, 7) is 1.87. The number of aryl methyl sites for hydroxylation is 1. The molecule has 0 bridgehead atoms. The molecule has 2 rings (SSSR count). The molecule has 0 amide bonds. The van der Waals surface area contributed by atoms with Crippen molar-refractivity contribution in [1.29, 1.82) is 0 Å². The van der Waals surface area contributed by atoms with E-state index in [0.29, 0.717) is 12.1 Å². The van der Waals surface area contributed by atoms with Crippen LogP contribution in [0.2, 0.25) is 0 Å². The molecule has 0 heterocycles. The first-order valence-corrected chi connectivity index (χ1v) is 10.7. The van der Waals surface area contributed by atoms with E-state index in [0.717, 1.165) is 24.7 Å². The maximum Gasteiger partial charge on any atom is 0.175 e. The maximum atomic E-state index is 11.8. The molecule has 5 nitrogen and oxygen atoms in total. The summed E-state index contributed by atoms with van der Waals surface area (Å²) < 4.78 is 46.9. The van der Waals surface area contributed by atoms with Crippen molar-refractivity contribution in [2.24, 2.45) is 0 Å². The lowest BCUT2D eigenvalue weighted by molar-refractivity contribution is 0.579. The first-order chi connectivity index (χ1) is 9.59. The molecule has 2 unspecified atom stereocenters. The van der Waals surface area contributed by atoms with Gasteiger partial charge in [0, 0.05) is 24.2 Å². The van der Waals surface area contributed by atoms with Gasteiger partial charge in [-0.05, 0) is 43.9 Å². The third-order valence-corrected chi connectivity index (χ3v) is 6.75. The largest absolute Gasteiger partial charge is 0.381 e. The molecular weight excluding hydrogens is 310 g/mol. The second-order valence-corrected chi connectivity index (χ2v) is 10.1. The second-order valence-electron chi connectivity index (χ2n) is 5.80. The second kappa shape index (κ2) is 5.61. The molecule has 1 aliphatic rings. The summed E-state index contributed by atoms with van der Waals surface area (Å²) in [6.07, 6.45) is 4.72. The third kappa shape index (κ3) is 3.77. The van der Waals surface area contributed by atoms with Crippen LogP contribution in [0.1, 0.15) is 24.8 Å². The van der Waals surface area contributed by atoms with E-state index < -0.39 is 24.9 Å². The molecule has 1 N–H and O–H groups in total. The predicted octanol–water partition coefficient (Wildman–Crippen LogP) is 1.78. The summed E-state index contributed by atoms with van der Waals surface area (Å²) in [4.78, 5) is 0.240. The first kappa shape index (κ1) is 16.3. The quantitative estimate of drug-likeness (QED) is 0.909. The van der Waals surface area contributed by atoms with Crippen molar-refractivity contribution >= 4 is 25.4 Å². The van der Waals surface area contributed by atoms with Gasteiger partial charge < -0.3 is 5.32 Å². The van der Waals surface area contributed by atoms with Crippen LogP contribution < -0.4 is 5.32 Å². The molecule has 1 aromatic carbocycles. The minimum Gasteiger partial charge on any atom is -0.381 e. The minimum absolute atomic E-state index is 0.159. The molecule has 1 saturated carbocycles. The van der Waals surface area contributed by atoms with Gasteiger partial charge in [0.2, 0.25) is 0 Å². The van der Waals surface area contributed by atoms with E-state index in [9.17, 15) is 16.8 Å². The lowest BCUT2D eigenvalue weighted by Gasteiger charge is -2.22. The molecule has 1 aromatic rings. The third-order valence-electron chi connectivity index (χ3n) is 3.98. The molecule has 0 spiro atoms. The lowest BCUT2D eigenvalue weighted by Crippen LogP contribution is -2.34. The number of sulfone groups is 2. The number of hydrogen-bond donors (Lipinski definition) is 1. The first-order valence-electron chi connectivity index (χ1n) is 6.85. The average Bonchev–Trinajstić information content (AvgIpc) is 2.78. The Hall–Kier alpha value is -1.08. The number of rotatable bonds is 4. The molecular formula is C14H21NO4S2. The van der Waals surface area contributed by atoms with Gasteiger partial charge in [-0.3, -0.25) is 0 Å². The summed E-state index contributed by atoms with van der Waals surface area (Å²) >= 11 is 0. The van der Waals surface area contributed by atoms with Crippen LogP contribution in [0.3, 0.4) is 0 Å². The summed E-state index contributed by atoms with van der Waals surface area (Å²) in [6, 6.07) is 4.73. The summed E-state index contributed by atoms with van der Waals surface area (Å²) in [5, 5.41) is 2.83. The van der Waals surface area contributed by atoms with Crippen molar-refractivity contribution in [3.05, 3.63) is 23.8 Å². The highest BCUT2D eigenvalue weighted by Crippen LogP contribution is 2.30. The van der Waals surface area contributed by atoms with Gasteiger partial charge >= 0.3 is 0 Å². The molecule has 7 heteroatoms. The molecule has 0 saturated heterocycles. The average molecular weight is 331 g/mol. The normalized spacial score (nSPS) is 23.2.